The Morgan fingerprint density at radius 3 is 2.34 bits per heavy atom. The second-order valence-corrected chi connectivity index (χ2v) is 10.3. The minimum atomic E-state index is -2.94. The summed E-state index contributed by atoms with van der Waals surface area (Å²) in [6.45, 7) is 3.94. The van der Waals surface area contributed by atoms with Gasteiger partial charge in [-0.3, -0.25) is 19.8 Å². The molecule has 4 rings (SSSR count). The molecular weight excluding hydrogens is 396 g/mol. The van der Waals surface area contributed by atoms with Crippen LogP contribution in [-0.4, -0.2) is 85.9 Å². The van der Waals surface area contributed by atoms with Crippen molar-refractivity contribution in [1.29, 1.82) is 0 Å². The van der Waals surface area contributed by atoms with Crippen LogP contribution in [0.1, 0.15) is 29.6 Å². The normalized spacial score (nSPS) is 24.8. The number of nitrogens with zero attached hydrogens (tertiary/aromatic N) is 4. The van der Waals surface area contributed by atoms with E-state index >= 15 is 0 Å². The van der Waals surface area contributed by atoms with E-state index in [9.17, 15) is 23.3 Å². The zero-order valence-electron chi connectivity index (χ0n) is 16.3. The van der Waals surface area contributed by atoms with Crippen LogP contribution in [0.25, 0.3) is 0 Å². The highest BCUT2D eigenvalue weighted by Gasteiger charge is 2.35. The Kier molecular flexibility index (Phi) is 5.48. The first kappa shape index (κ1) is 20.1. The number of sulfone groups is 1. The fraction of sp³-hybridized carbons (Fsp3) is 0.632. The summed E-state index contributed by atoms with van der Waals surface area (Å²) in [5.74, 6) is 0.253. The lowest BCUT2D eigenvalue weighted by Gasteiger charge is -2.38. The Hall–Kier alpha value is -2.20. The van der Waals surface area contributed by atoms with Crippen LogP contribution in [0.15, 0.2) is 18.2 Å². The molecule has 0 saturated carbocycles. The van der Waals surface area contributed by atoms with Crippen molar-refractivity contribution in [2.75, 3.05) is 55.7 Å². The first-order valence-corrected chi connectivity index (χ1v) is 11.9. The molecule has 9 nitrogen and oxygen atoms in total. The fourth-order valence-corrected chi connectivity index (χ4v) is 6.33. The first-order valence-electron chi connectivity index (χ1n) is 10.1. The number of benzene rings is 1. The number of amides is 1. The van der Waals surface area contributed by atoms with Crippen LogP contribution in [-0.2, 0) is 9.84 Å². The molecule has 1 amide bonds. The van der Waals surface area contributed by atoms with E-state index in [1.54, 1.807) is 11.0 Å². The Morgan fingerprint density at radius 2 is 1.76 bits per heavy atom. The minimum Gasteiger partial charge on any atom is -0.371 e. The summed E-state index contributed by atoms with van der Waals surface area (Å²) >= 11 is 0. The first-order chi connectivity index (χ1) is 13.8. The van der Waals surface area contributed by atoms with Crippen LogP contribution in [0.2, 0.25) is 0 Å². The zero-order chi connectivity index (χ0) is 20.6. The Bertz CT molecular complexity index is 905. The molecule has 3 saturated heterocycles. The summed E-state index contributed by atoms with van der Waals surface area (Å²) < 4.78 is 23.5. The van der Waals surface area contributed by atoms with Crippen molar-refractivity contribution in [2.24, 2.45) is 0 Å². The molecule has 3 heterocycles. The third-order valence-corrected chi connectivity index (χ3v) is 7.94. The van der Waals surface area contributed by atoms with Gasteiger partial charge in [-0.05, 0) is 25.3 Å². The molecule has 1 atom stereocenters. The van der Waals surface area contributed by atoms with Crippen molar-refractivity contribution in [2.45, 2.75) is 25.3 Å². The van der Waals surface area contributed by atoms with Crippen molar-refractivity contribution in [3.05, 3.63) is 33.9 Å². The van der Waals surface area contributed by atoms with Crippen LogP contribution < -0.4 is 4.90 Å². The number of carbonyl (C=O) groups excluding carboxylic acids is 1. The molecule has 0 aromatic heterocycles. The topological polar surface area (TPSA) is 104 Å². The summed E-state index contributed by atoms with van der Waals surface area (Å²) in [5, 5.41) is 11.2. The van der Waals surface area contributed by atoms with E-state index in [-0.39, 0.29) is 29.1 Å². The van der Waals surface area contributed by atoms with E-state index in [1.807, 2.05) is 0 Å². The number of nitro benzene ring substituents is 1. The molecule has 1 unspecified atom stereocenters. The van der Waals surface area contributed by atoms with Gasteiger partial charge in [0.25, 0.3) is 11.6 Å². The van der Waals surface area contributed by atoms with Crippen LogP contribution in [0.4, 0.5) is 11.4 Å². The second-order valence-electron chi connectivity index (χ2n) is 8.04. The lowest BCUT2D eigenvalue weighted by molar-refractivity contribution is -0.384. The highest BCUT2D eigenvalue weighted by Crippen LogP contribution is 2.30. The van der Waals surface area contributed by atoms with Crippen molar-refractivity contribution < 1.29 is 18.1 Å². The highest BCUT2D eigenvalue weighted by atomic mass is 32.2. The number of non-ortho nitro benzene ring substituents is 1. The monoisotopic (exact) mass is 422 g/mol. The number of piperazine rings is 1. The second kappa shape index (κ2) is 7.91. The quantitative estimate of drug-likeness (QED) is 0.529. The predicted molar refractivity (Wildman–Crippen MR) is 109 cm³/mol. The Labute approximate surface area is 170 Å². The third kappa shape index (κ3) is 4.23. The molecule has 3 aliphatic rings. The van der Waals surface area contributed by atoms with Gasteiger partial charge in [-0.2, -0.15) is 0 Å². The van der Waals surface area contributed by atoms with E-state index in [4.69, 9.17) is 0 Å². The molecule has 3 aliphatic heterocycles. The van der Waals surface area contributed by atoms with Gasteiger partial charge in [0.15, 0.2) is 9.84 Å². The molecule has 0 N–H and O–H groups in total. The van der Waals surface area contributed by atoms with Gasteiger partial charge in [-0.1, -0.05) is 0 Å². The molecule has 0 bridgehead atoms. The van der Waals surface area contributed by atoms with Crippen LogP contribution in [0.3, 0.4) is 0 Å². The van der Waals surface area contributed by atoms with Gasteiger partial charge in [0, 0.05) is 57.4 Å². The SMILES string of the molecule is O=C(c1cc([N+](=O)[O-])ccc1N1CCCC1)N1CCN(C2CCS(=O)(=O)C2)CC1. The average Bonchev–Trinajstić information content (AvgIpc) is 3.36. The maximum atomic E-state index is 13.2. The largest absolute Gasteiger partial charge is 0.371 e. The lowest BCUT2D eigenvalue weighted by Crippen LogP contribution is -2.52. The molecule has 3 fully saturated rings. The van der Waals surface area contributed by atoms with Crippen molar-refractivity contribution in [1.82, 2.24) is 9.80 Å². The molecule has 0 aliphatic carbocycles. The maximum Gasteiger partial charge on any atom is 0.270 e. The van der Waals surface area contributed by atoms with Gasteiger partial charge in [0.1, 0.15) is 0 Å². The molecule has 158 valence electrons. The predicted octanol–water partition coefficient (Wildman–Crippen LogP) is 1.14. The van der Waals surface area contributed by atoms with Crippen LogP contribution in [0.5, 0.6) is 0 Å². The van der Waals surface area contributed by atoms with Gasteiger partial charge in [-0.15, -0.1) is 0 Å². The van der Waals surface area contributed by atoms with Gasteiger partial charge >= 0.3 is 0 Å². The summed E-state index contributed by atoms with van der Waals surface area (Å²) in [4.78, 5) is 30.0. The standard InChI is InChI=1S/C19H26N4O5S/c24-19(22-10-8-20(9-11-22)16-5-12-29(27,28)14-16)17-13-15(23(25)26)3-4-18(17)21-6-1-2-7-21/h3-4,13,16H,1-2,5-12,14H2. The number of rotatable bonds is 4. The van der Waals surface area contributed by atoms with Crippen LogP contribution in [0, 0.1) is 10.1 Å². The smallest absolute Gasteiger partial charge is 0.270 e. The van der Waals surface area contributed by atoms with Gasteiger partial charge in [0.05, 0.1) is 27.7 Å². The van der Waals surface area contributed by atoms with Crippen LogP contribution >= 0.6 is 0 Å². The van der Waals surface area contributed by atoms with E-state index in [0.717, 1.165) is 31.6 Å². The van der Waals surface area contributed by atoms with Gasteiger partial charge in [-0.25, -0.2) is 8.42 Å². The van der Waals surface area contributed by atoms with E-state index < -0.39 is 14.8 Å². The summed E-state index contributed by atoms with van der Waals surface area (Å²) in [7, 11) is -2.94. The fourth-order valence-electron chi connectivity index (χ4n) is 4.57. The van der Waals surface area contributed by atoms with E-state index in [0.29, 0.717) is 38.2 Å². The van der Waals surface area contributed by atoms with Crippen molar-refractivity contribution in [3.8, 4) is 0 Å². The van der Waals surface area contributed by atoms with Crippen molar-refractivity contribution >= 4 is 27.1 Å². The summed E-state index contributed by atoms with van der Waals surface area (Å²) in [5.41, 5.74) is 1.08. The minimum absolute atomic E-state index is 0.0372. The molecule has 1 aromatic rings. The maximum absolute atomic E-state index is 13.2. The molecule has 10 heteroatoms. The number of hydrogen-bond acceptors (Lipinski definition) is 7. The van der Waals surface area contributed by atoms with Gasteiger partial charge < -0.3 is 9.80 Å². The summed E-state index contributed by atoms with van der Waals surface area (Å²) in [6, 6.07) is 4.58. The molecule has 29 heavy (non-hydrogen) atoms. The zero-order valence-corrected chi connectivity index (χ0v) is 17.1. The molecule has 0 spiro atoms. The molecule has 1 aromatic carbocycles. The number of carbonyl (C=O) groups is 1. The average molecular weight is 423 g/mol. The van der Waals surface area contributed by atoms with E-state index in [2.05, 4.69) is 9.80 Å². The molecular formula is C19H26N4O5S. The number of anilines is 1. The third-order valence-electron chi connectivity index (χ3n) is 6.19. The highest BCUT2D eigenvalue weighted by molar-refractivity contribution is 7.91. The molecule has 0 radical (unpaired) electrons. The Balaban J connectivity index is 1.49. The van der Waals surface area contributed by atoms with E-state index in [1.165, 1.54) is 12.1 Å². The van der Waals surface area contributed by atoms with Gasteiger partial charge in [0.2, 0.25) is 0 Å². The van der Waals surface area contributed by atoms with Crippen molar-refractivity contribution in [3.63, 3.8) is 0 Å². The Morgan fingerprint density at radius 1 is 1.07 bits per heavy atom. The number of hydrogen-bond donors (Lipinski definition) is 0. The summed E-state index contributed by atoms with van der Waals surface area (Å²) in [6.07, 6.45) is 2.75. The lowest BCUT2D eigenvalue weighted by atomic mass is 10.1. The number of nitro groups is 1.